The molecule has 88 valence electrons. The second-order valence-corrected chi connectivity index (χ2v) is 4.84. The van der Waals surface area contributed by atoms with Gasteiger partial charge in [0.25, 0.3) is 0 Å². The lowest BCUT2D eigenvalue weighted by molar-refractivity contribution is 0.751. The van der Waals surface area contributed by atoms with Crippen molar-refractivity contribution in [1.29, 1.82) is 0 Å². The van der Waals surface area contributed by atoms with Crippen LogP contribution in [0.1, 0.15) is 37.4 Å². The number of aryl methyl sites for hydroxylation is 1. The van der Waals surface area contributed by atoms with Gasteiger partial charge < -0.3 is 5.32 Å². The molecule has 0 saturated carbocycles. The first-order valence-electron chi connectivity index (χ1n) is 6.02. The van der Waals surface area contributed by atoms with E-state index in [9.17, 15) is 0 Å². The van der Waals surface area contributed by atoms with Crippen LogP contribution in [0, 0.1) is 0 Å². The van der Waals surface area contributed by atoms with E-state index in [1.165, 1.54) is 17.7 Å². The van der Waals surface area contributed by atoms with Gasteiger partial charge in [0.15, 0.2) is 0 Å². The van der Waals surface area contributed by atoms with Crippen LogP contribution in [0.15, 0.2) is 6.33 Å². The zero-order chi connectivity index (χ0) is 11.4. The fourth-order valence-electron chi connectivity index (χ4n) is 2.06. The molecule has 16 heavy (non-hydrogen) atoms. The molecule has 4 heteroatoms. The van der Waals surface area contributed by atoms with E-state index < -0.39 is 0 Å². The van der Waals surface area contributed by atoms with Crippen LogP contribution in [-0.4, -0.2) is 21.9 Å². The quantitative estimate of drug-likeness (QED) is 0.803. The molecule has 0 fully saturated rings. The van der Waals surface area contributed by atoms with Gasteiger partial charge in [-0.3, -0.25) is 0 Å². The maximum atomic E-state index is 6.08. The Bertz CT molecular complexity index is 354. The summed E-state index contributed by atoms with van der Waals surface area (Å²) in [7, 11) is 0. The first kappa shape index (κ1) is 11.6. The van der Waals surface area contributed by atoms with Crippen LogP contribution in [0.25, 0.3) is 0 Å². The van der Waals surface area contributed by atoms with Crippen molar-refractivity contribution >= 4 is 17.4 Å². The summed E-state index contributed by atoms with van der Waals surface area (Å²) in [6.45, 7) is 3.01. The average molecular weight is 240 g/mol. The number of alkyl halides is 1. The van der Waals surface area contributed by atoms with Gasteiger partial charge in [0.2, 0.25) is 0 Å². The smallest absolute Gasteiger partial charge is 0.132 e. The van der Waals surface area contributed by atoms with Crippen molar-refractivity contribution in [2.24, 2.45) is 0 Å². The summed E-state index contributed by atoms with van der Waals surface area (Å²) in [6, 6.07) is 0. The van der Waals surface area contributed by atoms with Crippen molar-refractivity contribution in [3.63, 3.8) is 0 Å². The predicted molar refractivity (Wildman–Crippen MR) is 67.1 cm³/mol. The molecular formula is C12H18ClN3. The molecule has 1 aromatic rings. The Balaban J connectivity index is 1.92. The molecule has 3 nitrogen and oxygen atoms in total. The van der Waals surface area contributed by atoms with Crippen LogP contribution in [0.5, 0.6) is 0 Å². The Labute approximate surface area is 102 Å². The molecule has 0 amide bonds. The summed E-state index contributed by atoms with van der Waals surface area (Å²) in [5, 5.41) is 3.64. The van der Waals surface area contributed by atoms with Crippen LogP contribution >= 0.6 is 11.6 Å². The minimum atomic E-state index is 0.266. The minimum absolute atomic E-state index is 0.266. The number of nitrogens with one attached hydrogen (secondary N) is 1. The van der Waals surface area contributed by atoms with Gasteiger partial charge in [0.1, 0.15) is 12.1 Å². The molecule has 0 saturated heterocycles. The molecule has 1 atom stereocenters. The lowest BCUT2D eigenvalue weighted by atomic mass is 10.2. The fraction of sp³-hybridized carbons (Fsp3) is 0.667. The highest BCUT2D eigenvalue weighted by Crippen LogP contribution is 2.25. The van der Waals surface area contributed by atoms with Crippen molar-refractivity contribution in [1.82, 2.24) is 9.97 Å². The molecule has 0 radical (unpaired) electrons. The van der Waals surface area contributed by atoms with Crippen molar-refractivity contribution < 1.29 is 0 Å². The van der Waals surface area contributed by atoms with E-state index in [0.717, 1.165) is 38.0 Å². The zero-order valence-corrected chi connectivity index (χ0v) is 10.4. The number of aromatic nitrogens is 2. The van der Waals surface area contributed by atoms with Gasteiger partial charge in [-0.1, -0.05) is 6.92 Å². The van der Waals surface area contributed by atoms with E-state index in [2.05, 4.69) is 22.2 Å². The molecule has 0 bridgehead atoms. The SMILES string of the molecule is CCC(Cl)CCNc1ncnc2c1CCC2. The fourth-order valence-corrected chi connectivity index (χ4v) is 2.17. The maximum Gasteiger partial charge on any atom is 0.132 e. The first-order chi connectivity index (χ1) is 7.81. The van der Waals surface area contributed by atoms with Crippen LogP contribution < -0.4 is 5.32 Å². The molecule has 1 N–H and O–H groups in total. The van der Waals surface area contributed by atoms with Crippen molar-refractivity contribution in [2.75, 3.05) is 11.9 Å². The van der Waals surface area contributed by atoms with Gasteiger partial charge in [-0.05, 0) is 32.1 Å². The highest BCUT2D eigenvalue weighted by atomic mass is 35.5. The molecule has 1 unspecified atom stereocenters. The largest absolute Gasteiger partial charge is 0.370 e. The number of hydrogen-bond acceptors (Lipinski definition) is 3. The van der Waals surface area contributed by atoms with Crippen molar-refractivity contribution in [3.05, 3.63) is 17.6 Å². The highest BCUT2D eigenvalue weighted by Gasteiger charge is 2.16. The first-order valence-corrected chi connectivity index (χ1v) is 6.45. The molecular weight excluding hydrogens is 222 g/mol. The summed E-state index contributed by atoms with van der Waals surface area (Å²) < 4.78 is 0. The van der Waals surface area contributed by atoms with Gasteiger partial charge >= 0.3 is 0 Å². The molecule has 1 aliphatic carbocycles. The molecule has 0 spiro atoms. The number of hydrogen-bond donors (Lipinski definition) is 1. The monoisotopic (exact) mass is 239 g/mol. The lowest BCUT2D eigenvalue weighted by Gasteiger charge is -2.11. The Hall–Kier alpha value is -0.830. The standard InChI is InChI=1S/C12H18ClN3/c1-2-9(13)6-7-14-12-10-4-3-5-11(10)15-8-16-12/h8-9H,2-7H2,1H3,(H,14,15,16). The van der Waals surface area contributed by atoms with Gasteiger partial charge in [-0.15, -0.1) is 11.6 Å². The van der Waals surface area contributed by atoms with Crippen LogP contribution in [0.2, 0.25) is 0 Å². The van der Waals surface area contributed by atoms with E-state index >= 15 is 0 Å². The highest BCUT2D eigenvalue weighted by molar-refractivity contribution is 6.20. The number of fused-ring (bicyclic) bond motifs is 1. The van der Waals surface area contributed by atoms with E-state index in [0.29, 0.717) is 0 Å². The molecule has 0 aromatic carbocycles. The Morgan fingerprint density at radius 1 is 1.44 bits per heavy atom. The Morgan fingerprint density at radius 2 is 2.31 bits per heavy atom. The number of halogens is 1. The number of rotatable bonds is 5. The predicted octanol–water partition coefficient (Wildman–Crippen LogP) is 2.78. The van der Waals surface area contributed by atoms with Crippen LogP contribution in [0.3, 0.4) is 0 Å². The lowest BCUT2D eigenvalue weighted by Crippen LogP contribution is -2.11. The van der Waals surface area contributed by atoms with Gasteiger partial charge in [0.05, 0.1) is 0 Å². The van der Waals surface area contributed by atoms with Gasteiger partial charge in [-0.25, -0.2) is 9.97 Å². The molecule has 2 rings (SSSR count). The summed E-state index contributed by atoms with van der Waals surface area (Å²) in [5.41, 5.74) is 2.53. The van der Waals surface area contributed by atoms with Gasteiger partial charge in [0, 0.05) is 23.2 Å². The van der Waals surface area contributed by atoms with E-state index in [4.69, 9.17) is 11.6 Å². The number of anilines is 1. The van der Waals surface area contributed by atoms with E-state index in [-0.39, 0.29) is 5.38 Å². The Morgan fingerprint density at radius 3 is 3.12 bits per heavy atom. The number of nitrogens with zero attached hydrogens (tertiary/aromatic N) is 2. The molecule has 1 aliphatic rings. The second kappa shape index (κ2) is 5.48. The summed E-state index contributed by atoms with van der Waals surface area (Å²) >= 11 is 6.08. The Kier molecular flexibility index (Phi) is 3.99. The third kappa shape index (κ3) is 2.64. The third-order valence-corrected chi connectivity index (χ3v) is 3.59. The summed E-state index contributed by atoms with van der Waals surface area (Å²) in [5.74, 6) is 1.02. The van der Waals surface area contributed by atoms with Gasteiger partial charge in [-0.2, -0.15) is 0 Å². The summed E-state index contributed by atoms with van der Waals surface area (Å²) in [4.78, 5) is 8.61. The molecule has 0 aliphatic heterocycles. The van der Waals surface area contributed by atoms with Crippen molar-refractivity contribution in [3.8, 4) is 0 Å². The second-order valence-electron chi connectivity index (χ2n) is 4.22. The van der Waals surface area contributed by atoms with E-state index in [1.807, 2.05) is 0 Å². The van der Waals surface area contributed by atoms with E-state index in [1.54, 1.807) is 6.33 Å². The van der Waals surface area contributed by atoms with Crippen molar-refractivity contribution in [2.45, 2.75) is 44.4 Å². The molecule has 1 heterocycles. The average Bonchev–Trinajstić information content (AvgIpc) is 2.77. The zero-order valence-electron chi connectivity index (χ0n) is 9.67. The third-order valence-electron chi connectivity index (χ3n) is 3.07. The van der Waals surface area contributed by atoms with Crippen LogP contribution in [-0.2, 0) is 12.8 Å². The minimum Gasteiger partial charge on any atom is -0.370 e. The topological polar surface area (TPSA) is 37.8 Å². The normalized spacial score (nSPS) is 15.9. The summed E-state index contributed by atoms with van der Waals surface area (Å²) in [6.07, 6.45) is 7.07. The van der Waals surface area contributed by atoms with Crippen LogP contribution in [0.4, 0.5) is 5.82 Å². The molecule has 1 aromatic heterocycles. The maximum absolute atomic E-state index is 6.08.